The Balaban J connectivity index is 2.08. The highest BCUT2D eigenvalue weighted by Gasteiger charge is 2.20. The van der Waals surface area contributed by atoms with Gasteiger partial charge in [-0.2, -0.15) is 0 Å². The van der Waals surface area contributed by atoms with Crippen molar-refractivity contribution in [1.82, 2.24) is 0 Å². The average molecular weight is 445 g/mol. The van der Waals surface area contributed by atoms with Crippen LogP contribution < -0.4 is 5.32 Å². The summed E-state index contributed by atoms with van der Waals surface area (Å²) in [6, 6.07) is 4.99. The Morgan fingerprint density at radius 2 is 1.60 bits per heavy atom. The van der Waals surface area contributed by atoms with Gasteiger partial charge in [0.2, 0.25) is 0 Å². The molecule has 0 saturated carbocycles. The number of hydrogen-bond donors (Lipinski definition) is 1. The first kappa shape index (κ1) is 20.1. The summed E-state index contributed by atoms with van der Waals surface area (Å²) in [7, 11) is 0. The molecule has 0 fully saturated rings. The summed E-state index contributed by atoms with van der Waals surface area (Å²) < 4.78 is 18.4. The molecular weight excluding hydrogens is 438 g/mol. The van der Waals surface area contributed by atoms with Crippen molar-refractivity contribution in [1.29, 1.82) is 0 Å². The molecular formula is C15H7Cl5FNO3. The van der Waals surface area contributed by atoms with Crippen LogP contribution in [0.4, 0.5) is 10.1 Å². The van der Waals surface area contributed by atoms with Crippen LogP contribution in [-0.2, 0) is 9.53 Å². The van der Waals surface area contributed by atoms with Gasteiger partial charge in [-0.25, -0.2) is 9.18 Å². The molecule has 0 aliphatic rings. The number of nitrogens with one attached hydrogen (secondary N) is 1. The first-order valence-corrected chi connectivity index (χ1v) is 8.35. The fourth-order valence-corrected chi connectivity index (χ4v) is 2.90. The quantitative estimate of drug-likeness (QED) is 0.472. The fourth-order valence-electron chi connectivity index (χ4n) is 1.75. The van der Waals surface area contributed by atoms with Crippen molar-refractivity contribution < 1.29 is 18.7 Å². The third kappa shape index (κ3) is 4.68. The fraction of sp³-hybridized carbons (Fsp3) is 0.0667. The molecule has 2 aromatic rings. The van der Waals surface area contributed by atoms with Gasteiger partial charge in [0, 0.05) is 0 Å². The predicted octanol–water partition coefficient (Wildman–Crippen LogP) is 5.89. The van der Waals surface area contributed by atoms with Crippen LogP contribution in [0.15, 0.2) is 24.3 Å². The van der Waals surface area contributed by atoms with Crippen LogP contribution in [0.5, 0.6) is 0 Å². The first-order chi connectivity index (χ1) is 11.7. The van der Waals surface area contributed by atoms with E-state index in [1.54, 1.807) is 0 Å². The molecule has 25 heavy (non-hydrogen) atoms. The Morgan fingerprint density at radius 1 is 1.00 bits per heavy atom. The van der Waals surface area contributed by atoms with E-state index in [1.807, 2.05) is 0 Å². The topological polar surface area (TPSA) is 55.4 Å². The number of carbonyl (C=O) groups is 2. The molecule has 0 radical (unpaired) electrons. The van der Waals surface area contributed by atoms with Gasteiger partial charge in [0.05, 0.1) is 30.8 Å². The van der Waals surface area contributed by atoms with E-state index in [2.05, 4.69) is 5.32 Å². The number of anilines is 1. The van der Waals surface area contributed by atoms with Gasteiger partial charge in [0.25, 0.3) is 5.91 Å². The van der Waals surface area contributed by atoms with E-state index in [0.717, 1.165) is 6.07 Å². The number of hydrogen-bond acceptors (Lipinski definition) is 3. The van der Waals surface area contributed by atoms with Gasteiger partial charge in [0.15, 0.2) is 6.61 Å². The van der Waals surface area contributed by atoms with Crippen LogP contribution in [0, 0.1) is 5.82 Å². The highest BCUT2D eigenvalue weighted by Crippen LogP contribution is 2.40. The van der Waals surface area contributed by atoms with E-state index < -0.39 is 29.9 Å². The zero-order chi connectivity index (χ0) is 18.7. The maximum atomic E-state index is 13.6. The third-order valence-electron chi connectivity index (χ3n) is 2.88. The van der Waals surface area contributed by atoms with Crippen molar-refractivity contribution in [2.24, 2.45) is 0 Å². The molecule has 0 atom stereocenters. The Kier molecular flexibility index (Phi) is 6.77. The second kappa shape index (κ2) is 8.43. The Hall–Kier alpha value is -1.24. The highest BCUT2D eigenvalue weighted by molar-refractivity contribution is 6.50. The summed E-state index contributed by atoms with van der Waals surface area (Å²) in [5, 5.41) is 2.25. The van der Waals surface area contributed by atoms with Crippen LogP contribution >= 0.6 is 58.0 Å². The number of halogens is 6. The molecule has 0 spiro atoms. The minimum absolute atomic E-state index is 0.0344. The van der Waals surface area contributed by atoms with Crippen molar-refractivity contribution in [3.05, 3.63) is 60.8 Å². The minimum Gasteiger partial charge on any atom is -0.452 e. The van der Waals surface area contributed by atoms with Crippen molar-refractivity contribution in [3.63, 3.8) is 0 Å². The van der Waals surface area contributed by atoms with Gasteiger partial charge in [-0.05, 0) is 18.2 Å². The summed E-state index contributed by atoms with van der Waals surface area (Å²) in [6.45, 7) is -0.736. The number of benzene rings is 2. The molecule has 2 rings (SSSR count). The number of esters is 1. The second-order valence-electron chi connectivity index (χ2n) is 4.56. The monoisotopic (exact) mass is 443 g/mol. The largest absolute Gasteiger partial charge is 0.452 e. The lowest BCUT2D eigenvalue weighted by molar-refractivity contribution is -0.119. The number of carbonyl (C=O) groups excluding carboxylic acids is 2. The molecule has 10 heteroatoms. The lowest BCUT2D eigenvalue weighted by atomic mass is 10.2. The van der Waals surface area contributed by atoms with Crippen LogP contribution in [0.1, 0.15) is 10.4 Å². The van der Waals surface area contributed by atoms with E-state index in [0.29, 0.717) is 0 Å². The zero-order valence-electron chi connectivity index (χ0n) is 12.0. The summed E-state index contributed by atoms with van der Waals surface area (Å²) in [4.78, 5) is 23.8. The van der Waals surface area contributed by atoms with Gasteiger partial charge in [-0.1, -0.05) is 64.1 Å². The molecule has 0 heterocycles. The van der Waals surface area contributed by atoms with Gasteiger partial charge in [0.1, 0.15) is 11.4 Å². The minimum atomic E-state index is -1.10. The van der Waals surface area contributed by atoms with Crippen molar-refractivity contribution >= 4 is 75.6 Å². The molecule has 1 amide bonds. The predicted molar refractivity (Wildman–Crippen MR) is 96.8 cm³/mol. The first-order valence-electron chi connectivity index (χ1n) is 6.46. The van der Waals surface area contributed by atoms with E-state index in [4.69, 9.17) is 62.7 Å². The standard InChI is InChI=1S/C15H7Cl5FNO3/c16-6-2-1-3-9(21)11(6)15(24)25-5-10(23)22-14-12(19)7(17)4-8(18)13(14)20/h1-4H,5H2,(H,22,23). The molecule has 0 bridgehead atoms. The van der Waals surface area contributed by atoms with Crippen LogP contribution in [-0.4, -0.2) is 18.5 Å². The maximum absolute atomic E-state index is 13.6. The van der Waals surface area contributed by atoms with E-state index >= 15 is 0 Å². The molecule has 2 aromatic carbocycles. The average Bonchev–Trinajstić information content (AvgIpc) is 2.55. The normalized spacial score (nSPS) is 10.5. The number of amides is 1. The molecule has 0 aliphatic carbocycles. The van der Waals surface area contributed by atoms with Crippen LogP contribution in [0.2, 0.25) is 25.1 Å². The van der Waals surface area contributed by atoms with E-state index in [1.165, 1.54) is 18.2 Å². The second-order valence-corrected chi connectivity index (χ2v) is 6.54. The van der Waals surface area contributed by atoms with E-state index in [-0.39, 0.29) is 30.8 Å². The molecule has 132 valence electrons. The highest BCUT2D eigenvalue weighted by atomic mass is 35.5. The van der Waals surface area contributed by atoms with Gasteiger partial charge >= 0.3 is 5.97 Å². The number of rotatable bonds is 4. The lowest BCUT2D eigenvalue weighted by Crippen LogP contribution is -2.22. The molecule has 0 saturated heterocycles. The summed E-state index contributed by atoms with van der Waals surface area (Å²) >= 11 is 29.3. The van der Waals surface area contributed by atoms with Crippen molar-refractivity contribution in [3.8, 4) is 0 Å². The van der Waals surface area contributed by atoms with Gasteiger partial charge < -0.3 is 10.1 Å². The molecule has 4 nitrogen and oxygen atoms in total. The summed E-state index contributed by atoms with van der Waals surface area (Å²) in [5.41, 5.74) is -0.510. The molecule has 1 N–H and O–H groups in total. The van der Waals surface area contributed by atoms with Crippen LogP contribution in [0.3, 0.4) is 0 Å². The SMILES string of the molecule is O=C(COC(=O)c1c(F)cccc1Cl)Nc1c(Cl)c(Cl)cc(Cl)c1Cl. The van der Waals surface area contributed by atoms with Gasteiger partial charge in [-0.3, -0.25) is 4.79 Å². The smallest absolute Gasteiger partial charge is 0.343 e. The lowest BCUT2D eigenvalue weighted by Gasteiger charge is -2.12. The van der Waals surface area contributed by atoms with Gasteiger partial charge in [-0.15, -0.1) is 0 Å². The van der Waals surface area contributed by atoms with E-state index in [9.17, 15) is 14.0 Å². The van der Waals surface area contributed by atoms with Crippen molar-refractivity contribution in [2.45, 2.75) is 0 Å². The van der Waals surface area contributed by atoms with Crippen molar-refractivity contribution in [2.75, 3.05) is 11.9 Å². The molecule has 0 aliphatic heterocycles. The third-order valence-corrected chi connectivity index (χ3v) is 4.77. The Bertz CT molecular complexity index is 813. The zero-order valence-corrected chi connectivity index (χ0v) is 15.8. The number of ether oxygens (including phenoxy) is 1. The van der Waals surface area contributed by atoms with Crippen LogP contribution in [0.25, 0.3) is 0 Å². The summed E-state index contributed by atoms with van der Waals surface area (Å²) in [5.74, 6) is -2.76. The molecule has 0 unspecified atom stereocenters. The summed E-state index contributed by atoms with van der Waals surface area (Å²) in [6.07, 6.45) is 0. The Labute approximate surface area is 166 Å². The maximum Gasteiger partial charge on any atom is 0.343 e. The Morgan fingerprint density at radius 3 is 2.16 bits per heavy atom. The molecule has 0 aromatic heterocycles.